The van der Waals surface area contributed by atoms with Crippen LogP contribution in [0, 0.1) is 11.8 Å². The van der Waals surface area contributed by atoms with E-state index in [2.05, 4.69) is 0 Å². The first-order valence-corrected chi connectivity index (χ1v) is 6.82. The molecule has 1 N–H and O–H groups in total. The van der Waals surface area contributed by atoms with Crippen molar-refractivity contribution >= 4 is 11.8 Å². The quantitative estimate of drug-likeness (QED) is 0.810. The van der Waals surface area contributed by atoms with E-state index in [-0.39, 0.29) is 30.2 Å². The summed E-state index contributed by atoms with van der Waals surface area (Å²) >= 11 is 0. The maximum atomic E-state index is 11.9. The number of hydrogen-bond acceptors (Lipinski definition) is 5. The van der Waals surface area contributed by atoms with Crippen LogP contribution < -0.4 is 9.47 Å². The number of benzene rings is 1. The number of imide groups is 1. The SMILES string of the molecule is COc1ccc(OC)c(C(O)CN2C(=O)C3CC3C2=O)c1. The van der Waals surface area contributed by atoms with Crippen LogP contribution in [0.15, 0.2) is 18.2 Å². The van der Waals surface area contributed by atoms with E-state index in [1.807, 2.05) is 0 Å². The maximum absolute atomic E-state index is 11.9. The third-order valence-corrected chi connectivity index (χ3v) is 4.11. The first kappa shape index (κ1) is 13.9. The number of methoxy groups -OCH3 is 2. The van der Waals surface area contributed by atoms with E-state index in [4.69, 9.17) is 9.47 Å². The van der Waals surface area contributed by atoms with Gasteiger partial charge >= 0.3 is 0 Å². The largest absolute Gasteiger partial charge is 0.497 e. The molecule has 0 aromatic heterocycles. The number of likely N-dealkylation sites (tertiary alicyclic amines) is 1. The summed E-state index contributed by atoms with van der Waals surface area (Å²) in [6, 6.07) is 5.05. The minimum atomic E-state index is -1.000. The second-order valence-electron chi connectivity index (χ2n) is 5.36. The smallest absolute Gasteiger partial charge is 0.233 e. The van der Waals surface area contributed by atoms with E-state index in [9.17, 15) is 14.7 Å². The Balaban J connectivity index is 1.80. The van der Waals surface area contributed by atoms with Crippen molar-refractivity contribution in [3.8, 4) is 11.5 Å². The second-order valence-corrected chi connectivity index (χ2v) is 5.36. The molecule has 0 radical (unpaired) electrons. The molecule has 2 amide bonds. The normalized spacial score (nSPS) is 24.8. The third kappa shape index (κ3) is 2.25. The van der Waals surface area contributed by atoms with Gasteiger partial charge in [-0.3, -0.25) is 14.5 Å². The molecule has 6 heteroatoms. The van der Waals surface area contributed by atoms with Crippen molar-refractivity contribution in [2.75, 3.05) is 20.8 Å². The zero-order chi connectivity index (χ0) is 15.1. The average molecular weight is 291 g/mol. The van der Waals surface area contributed by atoms with Crippen LogP contribution in [0.5, 0.6) is 11.5 Å². The van der Waals surface area contributed by atoms with Crippen LogP contribution in [0.4, 0.5) is 0 Å². The van der Waals surface area contributed by atoms with E-state index in [1.165, 1.54) is 14.2 Å². The van der Waals surface area contributed by atoms with Crippen LogP contribution in [0.2, 0.25) is 0 Å². The molecule has 2 aliphatic rings. The number of β-amino-alcohol motifs (C(OH)–C–C–N with tert-alkyl or cyclic N) is 1. The van der Waals surface area contributed by atoms with Crippen molar-refractivity contribution in [2.45, 2.75) is 12.5 Å². The highest BCUT2D eigenvalue weighted by Gasteiger charge is 2.58. The lowest BCUT2D eigenvalue weighted by Crippen LogP contribution is -2.36. The third-order valence-electron chi connectivity index (χ3n) is 4.11. The van der Waals surface area contributed by atoms with Gasteiger partial charge in [0.25, 0.3) is 0 Å². The van der Waals surface area contributed by atoms with Crippen LogP contribution in [0.25, 0.3) is 0 Å². The van der Waals surface area contributed by atoms with Crippen molar-refractivity contribution in [1.82, 2.24) is 4.90 Å². The van der Waals surface area contributed by atoms with Gasteiger partial charge in [0.15, 0.2) is 0 Å². The Morgan fingerprint density at radius 1 is 1.24 bits per heavy atom. The van der Waals surface area contributed by atoms with Gasteiger partial charge in [0, 0.05) is 5.56 Å². The van der Waals surface area contributed by atoms with Gasteiger partial charge in [-0.25, -0.2) is 0 Å². The minimum absolute atomic E-state index is 0.0474. The number of fused-ring (bicyclic) bond motifs is 1. The zero-order valence-corrected chi connectivity index (χ0v) is 11.9. The number of hydrogen-bond donors (Lipinski definition) is 1. The Bertz CT molecular complexity index is 580. The van der Waals surface area contributed by atoms with Crippen molar-refractivity contribution in [2.24, 2.45) is 11.8 Å². The summed E-state index contributed by atoms with van der Waals surface area (Å²) in [5, 5.41) is 10.4. The summed E-state index contributed by atoms with van der Waals surface area (Å²) in [4.78, 5) is 25.0. The molecule has 1 heterocycles. The van der Waals surface area contributed by atoms with E-state index < -0.39 is 6.10 Å². The number of rotatable bonds is 5. The van der Waals surface area contributed by atoms with Crippen LogP contribution in [0.3, 0.4) is 0 Å². The van der Waals surface area contributed by atoms with Gasteiger partial charge in [-0.15, -0.1) is 0 Å². The lowest BCUT2D eigenvalue weighted by atomic mass is 10.1. The molecule has 1 saturated carbocycles. The van der Waals surface area contributed by atoms with Crippen molar-refractivity contribution in [1.29, 1.82) is 0 Å². The highest BCUT2D eigenvalue weighted by atomic mass is 16.5. The molecular weight excluding hydrogens is 274 g/mol. The molecular formula is C15H17NO5. The van der Waals surface area contributed by atoms with Crippen molar-refractivity contribution in [3.63, 3.8) is 0 Å². The van der Waals surface area contributed by atoms with Crippen LogP contribution in [-0.2, 0) is 9.59 Å². The molecule has 0 bridgehead atoms. The Morgan fingerprint density at radius 3 is 2.48 bits per heavy atom. The van der Waals surface area contributed by atoms with Gasteiger partial charge in [-0.1, -0.05) is 0 Å². The molecule has 3 atom stereocenters. The summed E-state index contributed by atoms with van der Waals surface area (Å²) in [6.07, 6.45) is -0.340. The maximum Gasteiger partial charge on any atom is 0.233 e. The van der Waals surface area contributed by atoms with E-state index in [0.29, 0.717) is 23.5 Å². The molecule has 3 unspecified atom stereocenters. The molecule has 112 valence electrons. The molecule has 6 nitrogen and oxygen atoms in total. The van der Waals surface area contributed by atoms with Crippen LogP contribution in [-0.4, -0.2) is 42.6 Å². The Kier molecular flexibility index (Phi) is 3.33. The fraction of sp³-hybridized carbons (Fsp3) is 0.467. The molecule has 0 spiro atoms. The fourth-order valence-corrected chi connectivity index (χ4v) is 2.80. The Morgan fingerprint density at radius 2 is 1.90 bits per heavy atom. The number of nitrogens with zero attached hydrogens (tertiary/aromatic N) is 1. The Hall–Kier alpha value is -2.08. The van der Waals surface area contributed by atoms with Gasteiger partial charge in [0.05, 0.1) is 32.6 Å². The summed E-state index contributed by atoms with van der Waals surface area (Å²) < 4.78 is 10.3. The topological polar surface area (TPSA) is 76.1 Å². The van der Waals surface area contributed by atoms with Crippen molar-refractivity contribution < 1.29 is 24.2 Å². The summed E-state index contributed by atoms with van der Waals surface area (Å²) in [5.41, 5.74) is 0.498. The standard InChI is InChI=1S/C15H17NO5/c1-20-8-3-4-13(21-2)11(5-8)12(17)7-16-14(18)9-6-10(9)15(16)19/h3-5,9-10,12,17H,6-7H2,1-2H3. The van der Waals surface area contributed by atoms with Crippen molar-refractivity contribution in [3.05, 3.63) is 23.8 Å². The lowest BCUT2D eigenvalue weighted by Gasteiger charge is -2.22. The fourth-order valence-electron chi connectivity index (χ4n) is 2.80. The highest BCUT2D eigenvalue weighted by molar-refractivity contribution is 6.08. The lowest BCUT2D eigenvalue weighted by molar-refractivity contribution is -0.143. The molecule has 1 aromatic rings. The number of piperidine rings is 1. The van der Waals surface area contributed by atoms with Gasteiger partial charge in [-0.05, 0) is 24.6 Å². The number of aliphatic hydroxyl groups excluding tert-OH is 1. The highest BCUT2D eigenvalue weighted by Crippen LogP contribution is 2.47. The summed E-state index contributed by atoms with van der Waals surface area (Å²) in [6.45, 7) is -0.0474. The number of carbonyl (C=O) groups excluding carboxylic acids is 2. The molecule has 2 fully saturated rings. The predicted molar refractivity (Wildman–Crippen MR) is 72.8 cm³/mol. The Labute approximate surface area is 122 Å². The van der Waals surface area contributed by atoms with E-state index in [1.54, 1.807) is 18.2 Å². The molecule has 1 aromatic carbocycles. The minimum Gasteiger partial charge on any atom is -0.497 e. The predicted octanol–water partition coefficient (Wildman–Crippen LogP) is 0.742. The molecule has 3 rings (SSSR count). The molecule has 1 saturated heterocycles. The van der Waals surface area contributed by atoms with Gasteiger partial charge < -0.3 is 14.6 Å². The average Bonchev–Trinajstić information content (AvgIpc) is 3.26. The molecule has 1 aliphatic carbocycles. The van der Waals surface area contributed by atoms with E-state index in [0.717, 1.165) is 4.90 Å². The molecule has 1 aliphatic heterocycles. The van der Waals surface area contributed by atoms with Gasteiger partial charge in [0.1, 0.15) is 17.6 Å². The molecule has 21 heavy (non-hydrogen) atoms. The number of carbonyl (C=O) groups is 2. The first-order valence-electron chi connectivity index (χ1n) is 6.82. The van der Waals surface area contributed by atoms with Gasteiger partial charge in [-0.2, -0.15) is 0 Å². The second kappa shape index (κ2) is 5.04. The van der Waals surface area contributed by atoms with Crippen LogP contribution in [0.1, 0.15) is 18.1 Å². The number of aliphatic hydroxyl groups is 1. The summed E-state index contributed by atoms with van der Waals surface area (Å²) in [5.74, 6) is 0.407. The summed E-state index contributed by atoms with van der Waals surface area (Å²) in [7, 11) is 3.03. The first-order chi connectivity index (χ1) is 10.1. The number of amides is 2. The van der Waals surface area contributed by atoms with Crippen LogP contribution >= 0.6 is 0 Å². The zero-order valence-electron chi connectivity index (χ0n) is 11.9. The van der Waals surface area contributed by atoms with E-state index >= 15 is 0 Å². The number of ether oxygens (including phenoxy) is 2. The monoisotopic (exact) mass is 291 g/mol. The van der Waals surface area contributed by atoms with Gasteiger partial charge in [0.2, 0.25) is 11.8 Å².